The van der Waals surface area contributed by atoms with Gasteiger partial charge in [-0.3, -0.25) is 0 Å². The van der Waals surface area contributed by atoms with Gasteiger partial charge < -0.3 is 5.32 Å². The first-order valence-electron chi connectivity index (χ1n) is 6.10. The number of benzene rings is 1. The lowest BCUT2D eigenvalue weighted by Crippen LogP contribution is -2.33. The van der Waals surface area contributed by atoms with Gasteiger partial charge in [0.2, 0.25) is 0 Å². The van der Waals surface area contributed by atoms with Crippen molar-refractivity contribution >= 4 is 11.3 Å². The second-order valence-electron chi connectivity index (χ2n) is 4.49. The molecule has 2 heterocycles. The van der Waals surface area contributed by atoms with E-state index in [-0.39, 0.29) is 0 Å². The van der Waals surface area contributed by atoms with E-state index in [9.17, 15) is 0 Å². The number of hydrogen-bond acceptors (Lipinski definition) is 3. The molecule has 1 aromatic carbocycles. The van der Waals surface area contributed by atoms with Gasteiger partial charge in [-0.1, -0.05) is 30.3 Å². The maximum Gasteiger partial charge on any atom is 0.0962 e. The topological polar surface area (TPSA) is 24.9 Å². The maximum atomic E-state index is 4.51. The smallest absolute Gasteiger partial charge is 0.0962 e. The highest BCUT2D eigenvalue weighted by Crippen LogP contribution is 2.37. The number of nitrogens with zero attached hydrogens (tertiary/aromatic N) is 1. The summed E-state index contributed by atoms with van der Waals surface area (Å²) in [6.45, 7) is 2.17. The summed E-state index contributed by atoms with van der Waals surface area (Å²) in [7, 11) is 0. The van der Waals surface area contributed by atoms with Crippen LogP contribution in [0.3, 0.4) is 0 Å². The van der Waals surface area contributed by atoms with Crippen molar-refractivity contribution in [3.8, 4) is 0 Å². The first-order chi connectivity index (χ1) is 8.45. The van der Waals surface area contributed by atoms with Gasteiger partial charge >= 0.3 is 0 Å². The van der Waals surface area contributed by atoms with Crippen LogP contribution in [0.15, 0.2) is 41.9 Å². The highest BCUT2D eigenvalue weighted by Gasteiger charge is 2.29. The average molecular weight is 244 g/mol. The molecule has 2 unspecified atom stereocenters. The molecule has 1 aliphatic rings. The quantitative estimate of drug-likeness (QED) is 0.878. The number of thiazole rings is 1. The van der Waals surface area contributed by atoms with E-state index in [1.807, 2.05) is 6.20 Å². The third-order valence-corrected chi connectivity index (χ3v) is 4.39. The van der Waals surface area contributed by atoms with Crippen molar-refractivity contribution in [3.63, 3.8) is 0 Å². The Balaban J connectivity index is 1.91. The summed E-state index contributed by atoms with van der Waals surface area (Å²) in [6, 6.07) is 10.8. The minimum atomic E-state index is 0.566. The molecular formula is C14H16N2S. The second-order valence-corrected chi connectivity index (χ2v) is 5.41. The van der Waals surface area contributed by atoms with E-state index in [1.165, 1.54) is 17.0 Å². The van der Waals surface area contributed by atoms with Crippen LogP contribution in [0.25, 0.3) is 0 Å². The largest absolute Gasteiger partial charge is 0.316 e. The number of rotatable bonds is 2. The molecule has 0 amide bonds. The molecule has 1 aromatic heterocycles. The Morgan fingerprint density at radius 2 is 2.06 bits per heavy atom. The first-order valence-corrected chi connectivity index (χ1v) is 6.98. The zero-order valence-corrected chi connectivity index (χ0v) is 10.5. The minimum Gasteiger partial charge on any atom is -0.316 e. The molecule has 2 nitrogen and oxygen atoms in total. The van der Waals surface area contributed by atoms with E-state index in [4.69, 9.17) is 0 Å². The van der Waals surface area contributed by atoms with Crippen LogP contribution in [0.4, 0.5) is 0 Å². The Hall–Kier alpha value is -1.19. The van der Waals surface area contributed by atoms with E-state index in [0.717, 1.165) is 13.1 Å². The lowest BCUT2D eigenvalue weighted by Gasteiger charge is -2.31. The van der Waals surface area contributed by atoms with Gasteiger partial charge in [0.1, 0.15) is 0 Å². The molecule has 1 N–H and O–H groups in total. The Morgan fingerprint density at radius 3 is 2.82 bits per heavy atom. The standard InChI is InChI=1S/C14H16N2S/c1-2-4-11(5-3-1)13-10-15-7-6-12(13)14-16-8-9-17-14/h1-5,8-9,12-13,15H,6-7,10H2. The first kappa shape index (κ1) is 10.9. The summed E-state index contributed by atoms with van der Waals surface area (Å²) in [6.07, 6.45) is 3.11. The van der Waals surface area contributed by atoms with Crippen LogP contribution in [0.1, 0.15) is 28.8 Å². The number of hydrogen-bond donors (Lipinski definition) is 1. The Bertz CT molecular complexity index is 452. The fraction of sp³-hybridized carbons (Fsp3) is 0.357. The van der Waals surface area contributed by atoms with Crippen molar-refractivity contribution < 1.29 is 0 Å². The molecule has 88 valence electrons. The van der Waals surface area contributed by atoms with Gasteiger partial charge in [0.15, 0.2) is 0 Å². The Labute approximate surface area is 106 Å². The van der Waals surface area contributed by atoms with Crippen molar-refractivity contribution in [2.45, 2.75) is 18.3 Å². The van der Waals surface area contributed by atoms with Crippen molar-refractivity contribution in [1.82, 2.24) is 10.3 Å². The molecule has 17 heavy (non-hydrogen) atoms. The molecule has 2 aromatic rings. The molecule has 0 aliphatic carbocycles. The van der Waals surface area contributed by atoms with Crippen molar-refractivity contribution in [3.05, 3.63) is 52.5 Å². The SMILES string of the molecule is c1ccc(C2CNCCC2c2nccs2)cc1. The van der Waals surface area contributed by atoms with E-state index >= 15 is 0 Å². The molecule has 3 rings (SSSR count). The van der Waals surface area contributed by atoms with E-state index in [1.54, 1.807) is 11.3 Å². The highest BCUT2D eigenvalue weighted by atomic mass is 32.1. The molecule has 0 spiro atoms. The van der Waals surface area contributed by atoms with Crippen LogP contribution in [0.2, 0.25) is 0 Å². The lowest BCUT2D eigenvalue weighted by atomic mass is 9.82. The van der Waals surface area contributed by atoms with Crippen molar-refractivity contribution in [1.29, 1.82) is 0 Å². The van der Waals surface area contributed by atoms with E-state index in [0.29, 0.717) is 11.8 Å². The summed E-state index contributed by atoms with van der Waals surface area (Å²) in [5.74, 6) is 1.15. The third kappa shape index (κ3) is 2.26. The van der Waals surface area contributed by atoms with Crippen LogP contribution in [-0.4, -0.2) is 18.1 Å². The normalized spacial score (nSPS) is 24.7. The van der Waals surface area contributed by atoms with Gasteiger partial charge in [-0.15, -0.1) is 11.3 Å². The Morgan fingerprint density at radius 1 is 1.18 bits per heavy atom. The lowest BCUT2D eigenvalue weighted by molar-refractivity contribution is 0.403. The molecule has 0 radical (unpaired) electrons. The molecule has 1 aliphatic heterocycles. The third-order valence-electron chi connectivity index (χ3n) is 3.48. The number of piperidine rings is 1. The molecular weight excluding hydrogens is 228 g/mol. The van der Waals surface area contributed by atoms with Gasteiger partial charge in [-0.05, 0) is 18.5 Å². The number of aromatic nitrogens is 1. The zero-order valence-electron chi connectivity index (χ0n) is 9.67. The van der Waals surface area contributed by atoms with Gasteiger partial charge in [0, 0.05) is 30.0 Å². The summed E-state index contributed by atoms with van der Waals surface area (Å²) in [4.78, 5) is 4.51. The summed E-state index contributed by atoms with van der Waals surface area (Å²) in [5.41, 5.74) is 1.43. The summed E-state index contributed by atoms with van der Waals surface area (Å²) < 4.78 is 0. The van der Waals surface area contributed by atoms with Gasteiger partial charge in [-0.2, -0.15) is 0 Å². The van der Waals surface area contributed by atoms with Crippen LogP contribution < -0.4 is 5.32 Å². The summed E-state index contributed by atoms with van der Waals surface area (Å²) >= 11 is 1.79. The number of nitrogens with one attached hydrogen (secondary N) is 1. The molecule has 0 saturated carbocycles. The molecule has 0 bridgehead atoms. The van der Waals surface area contributed by atoms with Gasteiger partial charge in [0.25, 0.3) is 0 Å². The van der Waals surface area contributed by atoms with Crippen LogP contribution in [0.5, 0.6) is 0 Å². The average Bonchev–Trinajstić information content (AvgIpc) is 2.94. The van der Waals surface area contributed by atoms with E-state index in [2.05, 4.69) is 46.0 Å². The fourth-order valence-electron chi connectivity index (χ4n) is 2.62. The molecule has 1 fully saturated rings. The molecule has 2 atom stereocenters. The van der Waals surface area contributed by atoms with Crippen LogP contribution in [-0.2, 0) is 0 Å². The zero-order chi connectivity index (χ0) is 11.5. The maximum absolute atomic E-state index is 4.51. The Kier molecular flexibility index (Phi) is 3.20. The van der Waals surface area contributed by atoms with E-state index < -0.39 is 0 Å². The predicted octanol–water partition coefficient (Wildman–Crippen LogP) is 3.00. The fourth-order valence-corrected chi connectivity index (χ4v) is 3.46. The minimum absolute atomic E-state index is 0.566. The monoisotopic (exact) mass is 244 g/mol. The summed E-state index contributed by atoms with van der Waals surface area (Å²) in [5, 5.41) is 6.88. The molecule has 3 heteroatoms. The van der Waals surface area contributed by atoms with Crippen LogP contribution >= 0.6 is 11.3 Å². The van der Waals surface area contributed by atoms with Crippen molar-refractivity contribution in [2.24, 2.45) is 0 Å². The molecule has 1 saturated heterocycles. The highest BCUT2D eigenvalue weighted by molar-refractivity contribution is 7.09. The second kappa shape index (κ2) is 4.98. The van der Waals surface area contributed by atoms with Gasteiger partial charge in [0.05, 0.1) is 5.01 Å². The van der Waals surface area contributed by atoms with Crippen molar-refractivity contribution in [2.75, 3.05) is 13.1 Å². The van der Waals surface area contributed by atoms with Crippen LogP contribution in [0, 0.1) is 0 Å². The predicted molar refractivity (Wildman–Crippen MR) is 71.5 cm³/mol. The van der Waals surface area contributed by atoms with Gasteiger partial charge in [-0.25, -0.2) is 4.98 Å².